The Morgan fingerprint density at radius 3 is 2.16 bits per heavy atom. The third-order valence-corrected chi connectivity index (χ3v) is 2.76. The average molecular weight is 279 g/mol. The number of alkyl halides is 3. The maximum absolute atomic E-state index is 13.5. The minimum Gasteiger partial charge on any atom is -0.370 e. The van der Waals surface area contributed by atoms with Crippen LogP contribution in [0.5, 0.6) is 0 Å². The Hall–Kier alpha value is -1.14. The van der Waals surface area contributed by atoms with Crippen molar-refractivity contribution in [2.45, 2.75) is 26.1 Å². The maximum atomic E-state index is 13.5. The SMILES string of the molecule is CNC(COCC(F)(F)F)c1cc(C)c(F)c(C)c1. The zero-order valence-electron chi connectivity index (χ0n) is 11.1. The normalized spacial score (nSPS) is 13.6. The zero-order valence-corrected chi connectivity index (χ0v) is 11.1. The summed E-state index contributed by atoms with van der Waals surface area (Å²) in [4.78, 5) is 0. The van der Waals surface area contributed by atoms with Crippen LogP contribution in [-0.4, -0.2) is 26.4 Å². The Kier molecular flexibility index (Phi) is 5.31. The lowest BCUT2D eigenvalue weighted by molar-refractivity contribution is -0.175. The first-order chi connectivity index (χ1) is 8.74. The van der Waals surface area contributed by atoms with Gasteiger partial charge in [0.05, 0.1) is 12.6 Å². The van der Waals surface area contributed by atoms with Gasteiger partial charge in [-0.2, -0.15) is 13.2 Å². The van der Waals surface area contributed by atoms with E-state index in [0.29, 0.717) is 16.7 Å². The van der Waals surface area contributed by atoms with Crippen LogP contribution in [0.2, 0.25) is 0 Å². The van der Waals surface area contributed by atoms with E-state index in [-0.39, 0.29) is 12.4 Å². The van der Waals surface area contributed by atoms with E-state index in [4.69, 9.17) is 0 Å². The summed E-state index contributed by atoms with van der Waals surface area (Å²) >= 11 is 0. The van der Waals surface area contributed by atoms with Gasteiger partial charge in [0.25, 0.3) is 0 Å². The molecule has 0 bridgehead atoms. The third-order valence-electron chi connectivity index (χ3n) is 2.76. The molecule has 0 heterocycles. The van der Waals surface area contributed by atoms with Gasteiger partial charge in [0, 0.05) is 0 Å². The van der Waals surface area contributed by atoms with Gasteiger partial charge in [-0.3, -0.25) is 0 Å². The fourth-order valence-electron chi connectivity index (χ4n) is 1.82. The Morgan fingerprint density at radius 1 is 1.21 bits per heavy atom. The van der Waals surface area contributed by atoms with Crippen LogP contribution in [0.1, 0.15) is 22.7 Å². The predicted molar refractivity (Wildman–Crippen MR) is 64.5 cm³/mol. The number of aryl methyl sites for hydroxylation is 2. The molecule has 0 spiro atoms. The molecule has 2 nitrogen and oxygen atoms in total. The number of benzene rings is 1. The van der Waals surface area contributed by atoms with Gasteiger partial charge >= 0.3 is 6.18 Å². The lowest BCUT2D eigenvalue weighted by Gasteiger charge is -2.19. The molecule has 1 aromatic rings. The molecule has 1 rings (SSSR count). The quantitative estimate of drug-likeness (QED) is 0.835. The van der Waals surface area contributed by atoms with Gasteiger partial charge in [-0.1, -0.05) is 12.1 Å². The molecule has 1 N–H and O–H groups in total. The average Bonchev–Trinajstić information content (AvgIpc) is 2.29. The first-order valence-corrected chi connectivity index (χ1v) is 5.83. The van der Waals surface area contributed by atoms with Crippen molar-refractivity contribution in [3.63, 3.8) is 0 Å². The minimum atomic E-state index is -4.34. The van der Waals surface area contributed by atoms with E-state index in [9.17, 15) is 17.6 Å². The first kappa shape index (κ1) is 15.9. The zero-order chi connectivity index (χ0) is 14.6. The molecule has 0 aromatic heterocycles. The van der Waals surface area contributed by atoms with Gasteiger partial charge in [-0.05, 0) is 37.6 Å². The second kappa shape index (κ2) is 6.34. The molecule has 1 aromatic carbocycles. The number of likely N-dealkylation sites (N-methyl/N-ethyl adjacent to an activating group) is 1. The standard InChI is InChI=1S/C13H17F4NO/c1-8-4-10(5-9(2)12(8)14)11(18-3)6-19-7-13(15,16)17/h4-5,11,18H,6-7H2,1-3H3. The summed E-state index contributed by atoms with van der Waals surface area (Å²) in [5, 5.41) is 2.86. The molecule has 0 amide bonds. The van der Waals surface area contributed by atoms with Crippen LogP contribution in [0, 0.1) is 19.7 Å². The molecule has 0 aliphatic rings. The van der Waals surface area contributed by atoms with E-state index in [2.05, 4.69) is 10.1 Å². The van der Waals surface area contributed by atoms with E-state index in [1.807, 2.05) is 0 Å². The highest BCUT2D eigenvalue weighted by atomic mass is 19.4. The molecule has 19 heavy (non-hydrogen) atoms. The van der Waals surface area contributed by atoms with E-state index >= 15 is 0 Å². The van der Waals surface area contributed by atoms with Crippen molar-refractivity contribution in [1.82, 2.24) is 5.32 Å². The molecular formula is C13H17F4NO. The molecule has 0 radical (unpaired) electrons. The van der Waals surface area contributed by atoms with Crippen LogP contribution in [-0.2, 0) is 4.74 Å². The second-order valence-corrected chi connectivity index (χ2v) is 4.44. The van der Waals surface area contributed by atoms with Gasteiger partial charge in [0.2, 0.25) is 0 Å². The lowest BCUT2D eigenvalue weighted by atomic mass is 10.0. The summed E-state index contributed by atoms with van der Waals surface area (Å²) in [5.41, 5.74) is 1.64. The molecule has 0 fully saturated rings. The molecule has 1 unspecified atom stereocenters. The van der Waals surface area contributed by atoms with Crippen LogP contribution >= 0.6 is 0 Å². The van der Waals surface area contributed by atoms with E-state index in [1.54, 1.807) is 33.0 Å². The van der Waals surface area contributed by atoms with Gasteiger partial charge in [-0.15, -0.1) is 0 Å². The van der Waals surface area contributed by atoms with Crippen LogP contribution in [0.4, 0.5) is 17.6 Å². The predicted octanol–water partition coefficient (Wildman–Crippen LogP) is 3.28. The first-order valence-electron chi connectivity index (χ1n) is 5.83. The van der Waals surface area contributed by atoms with E-state index < -0.39 is 18.8 Å². The Balaban J connectivity index is 2.75. The molecule has 108 valence electrons. The highest BCUT2D eigenvalue weighted by Gasteiger charge is 2.28. The molecule has 0 aliphatic carbocycles. The summed E-state index contributed by atoms with van der Waals surface area (Å²) in [7, 11) is 1.62. The summed E-state index contributed by atoms with van der Waals surface area (Å²) in [5.74, 6) is -0.296. The van der Waals surface area contributed by atoms with Crippen molar-refractivity contribution < 1.29 is 22.3 Å². The number of rotatable bonds is 5. The molecule has 1 atom stereocenters. The summed E-state index contributed by atoms with van der Waals surface area (Å²) in [6.07, 6.45) is -4.34. The van der Waals surface area contributed by atoms with Crippen LogP contribution in [0.25, 0.3) is 0 Å². The smallest absolute Gasteiger partial charge is 0.370 e. The highest BCUT2D eigenvalue weighted by Crippen LogP contribution is 2.21. The van der Waals surface area contributed by atoms with Crippen molar-refractivity contribution in [3.05, 3.63) is 34.6 Å². The Labute approximate surface area is 109 Å². The van der Waals surface area contributed by atoms with Crippen molar-refractivity contribution in [1.29, 1.82) is 0 Å². The van der Waals surface area contributed by atoms with Gasteiger partial charge in [0.1, 0.15) is 12.4 Å². The monoisotopic (exact) mass is 279 g/mol. The van der Waals surface area contributed by atoms with Crippen LogP contribution in [0.3, 0.4) is 0 Å². The lowest BCUT2D eigenvalue weighted by Crippen LogP contribution is -2.25. The van der Waals surface area contributed by atoms with Crippen molar-refractivity contribution >= 4 is 0 Å². The molecule has 0 aliphatic heterocycles. The largest absolute Gasteiger partial charge is 0.411 e. The topological polar surface area (TPSA) is 21.3 Å². The maximum Gasteiger partial charge on any atom is 0.411 e. The van der Waals surface area contributed by atoms with Crippen LogP contribution in [0.15, 0.2) is 12.1 Å². The fourth-order valence-corrected chi connectivity index (χ4v) is 1.82. The second-order valence-electron chi connectivity index (χ2n) is 4.44. The number of halogens is 4. The Bertz CT molecular complexity index is 408. The molecule has 0 saturated heterocycles. The van der Waals surface area contributed by atoms with Gasteiger partial charge in [0.15, 0.2) is 0 Å². The van der Waals surface area contributed by atoms with Crippen molar-refractivity contribution in [2.24, 2.45) is 0 Å². The molecular weight excluding hydrogens is 262 g/mol. The highest BCUT2D eigenvalue weighted by molar-refractivity contribution is 5.32. The summed E-state index contributed by atoms with van der Waals surface area (Å²) < 4.78 is 54.1. The van der Waals surface area contributed by atoms with Gasteiger partial charge in [-0.25, -0.2) is 4.39 Å². The van der Waals surface area contributed by atoms with Crippen molar-refractivity contribution in [3.8, 4) is 0 Å². The van der Waals surface area contributed by atoms with Crippen molar-refractivity contribution in [2.75, 3.05) is 20.3 Å². The number of hydrogen-bond donors (Lipinski definition) is 1. The fraction of sp³-hybridized carbons (Fsp3) is 0.538. The third kappa shape index (κ3) is 4.80. The number of hydrogen-bond acceptors (Lipinski definition) is 2. The summed E-state index contributed by atoms with van der Waals surface area (Å²) in [6, 6.07) is 2.82. The molecule has 0 saturated carbocycles. The van der Waals surface area contributed by atoms with Gasteiger partial charge < -0.3 is 10.1 Å². The van der Waals surface area contributed by atoms with E-state index in [1.165, 1.54) is 0 Å². The minimum absolute atomic E-state index is 0.124. The summed E-state index contributed by atoms with van der Waals surface area (Å²) in [6.45, 7) is 1.83. The molecule has 6 heteroatoms. The van der Waals surface area contributed by atoms with Crippen LogP contribution < -0.4 is 5.32 Å². The van der Waals surface area contributed by atoms with E-state index in [0.717, 1.165) is 0 Å². The number of ether oxygens (including phenoxy) is 1. The Morgan fingerprint density at radius 2 is 1.74 bits per heavy atom. The number of nitrogens with one attached hydrogen (secondary N) is 1.